The van der Waals surface area contributed by atoms with Crippen molar-refractivity contribution in [3.05, 3.63) is 53.2 Å². The number of thiocarbonyl (C=S) groups is 1. The SMILES string of the molecule is CCOC(=O)C1=C(C)NC(=S)N[C@@H]1C=Cc1ccccc1. The average molecular weight is 302 g/mol. The van der Waals surface area contributed by atoms with Crippen LogP contribution in [0, 0.1) is 0 Å². The van der Waals surface area contributed by atoms with Gasteiger partial charge in [0.25, 0.3) is 0 Å². The molecule has 1 heterocycles. The Morgan fingerprint density at radius 1 is 1.38 bits per heavy atom. The molecule has 1 atom stereocenters. The summed E-state index contributed by atoms with van der Waals surface area (Å²) in [5.74, 6) is -0.333. The highest BCUT2D eigenvalue weighted by Crippen LogP contribution is 2.16. The number of hydrogen-bond donors (Lipinski definition) is 2. The first kappa shape index (κ1) is 15.3. The number of benzene rings is 1. The molecule has 5 heteroatoms. The van der Waals surface area contributed by atoms with Gasteiger partial charge in [0.05, 0.1) is 18.2 Å². The van der Waals surface area contributed by atoms with Gasteiger partial charge in [-0.25, -0.2) is 4.79 Å². The molecule has 0 radical (unpaired) electrons. The normalized spacial score (nSPS) is 18.4. The van der Waals surface area contributed by atoms with Gasteiger partial charge in [0.15, 0.2) is 5.11 Å². The fourth-order valence-corrected chi connectivity index (χ4v) is 2.41. The van der Waals surface area contributed by atoms with Gasteiger partial charge in [0.1, 0.15) is 0 Å². The highest BCUT2D eigenvalue weighted by atomic mass is 32.1. The van der Waals surface area contributed by atoms with Crippen LogP contribution in [-0.4, -0.2) is 23.7 Å². The van der Waals surface area contributed by atoms with Crippen LogP contribution in [-0.2, 0) is 9.53 Å². The lowest BCUT2D eigenvalue weighted by molar-refractivity contribution is -0.138. The Morgan fingerprint density at radius 3 is 2.76 bits per heavy atom. The molecule has 1 aromatic carbocycles. The summed E-state index contributed by atoms with van der Waals surface area (Å²) in [6, 6.07) is 9.59. The van der Waals surface area contributed by atoms with Gasteiger partial charge in [0.2, 0.25) is 0 Å². The summed E-state index contributed by atoms with van der Waals surface area (Å²) in [5, 5.41) is 6.55. The smallest absolute Gasteiger partial charge is 0.338 e. The van der Waals surface area contributed by atoms with E-state index in [1.165, 1.54) is 0 Å². The van der Waals surface area contributed by atoms with Gasteiger partial charge in [-0.15, -0.1) is 0 Å². The van der Waals surface area contributed by atoms with E-state index in [4.69, 9.17) is 17.0 Å². The number of allylic oxidation sites excluding steroid dienone is 1. The molecule has 0 spiro atoms. The van der Waals surface area contributed by atoms with Crippen molar-refractivity contribution in [1.29, 1.82) is 0 Å². The molecule has 1 aliphatic heterocycles. The monoisotopic (exact) mass is 302 g/mol. The fourth-order valence-electron chi connectivity index (χ4n) is 2.13. The minimum Gasteiger partial charge on any atom is -0.463 e. The molecule has 0 unspecified atom stereocenters. The van der Waals surface area contributed by atoms with Crippen LogP contribution < -0.4 is 10.6 Å². The average Bonchev–Trinajstić information content (AvgIpc) is 2.45. The van der Waals surface area contributed by atoms with E-state index < -0.39 is 0 Å². The minimum absolute atomic E-state index is 0.294. The van der Waals surface area contributed by atoms with Gasteiger partial charge < -0.3 is 15.4 Å². The molecule has 2 rings (SSSR count). The van der Waals surface area contributed by atoms with Gasteiger partial charge in [-0.2, -0.15) is 0 Å². The van der Waals surface area contributed by atoms with Gasteiger partial charge in [-0.1, -0.05) is 42.5 Å². The van der Waals surface area contributed by atoms with E-state index in [1.54, 1.807) is 6.92 Å². The summed E-state index contributed by atoms with van der Waals surface area (Å²) >= 11 is 5.15. The molecule has 0 aliphatic carbocycles. The second kappa shape index (κ2) is 7.04. The van der Waals surface area contributed by atoms with Crippen LogP contribution in [0.25, 0.3) is 6.08 Å². The lowest BCUT2D eigenvalue weighted by atomic mass is 10.0. The van der Waals surface area contributed by atoms with E-state index in [-0.39, 0.29) is 12.0 Å². The quantitative estimate of drug-likeness (QED) is 0.660. The van der Waals surface area contributed by atoms with Crippen molar-refractivity contribution in [1.82, 2.24) is 10.6 Å². The molecule has 4 nitrogen and oxygen atoms in total. The van der Waals surface area contributed by atoms with Crippen molar-refractivity contribution >= 4 is 29.4 Å². The van der Waals surface area contributed by atoms with Gasteiger partial charge >= 0.3 is 5.97 Å². The number of rotatable bonds is 4. The van der Waals surface area contributed by atoms with Crippen LogP contribution in [0.4, 0.5) is 0 Å². The zero-order valence-corrected chi connectivity index (χ0v) is 12.9. The van der Waals surface area contributed by atoms with Gasteiger partial charge in [-0.05, 0) is 31.6 Å². The molecule has 0 saturated carbocycles. The lowest BCUT2D eigenvalue weighted by Crippen LogP contribution is -2.48. The molecule has 1 aliphatic rings. The standard InChI is InChI=1S/C16H18N2O2S/c1-3-20-15(19)14-11(2)17-16(21)18-13(14)10-9-12-7-5-4-6-8-12/h4-10,13H,3H2,1-2H3,(H2,17,18,21)/t13-/m1/s1. The number of carbonyl (C=O) groups is 1. The molecule has 0 bridgehead atoms. The molecular formula is C16H18N2O2S. The first-order valence-electron chi connectivity index (χ1n) is 6.80. The number of hydrogen-bond acceptors (Lipinski definition) is 3. The second-order valence-electron chi connectivity index (χ2n) is 4.61. The Kier molecular flexibility index (Phi) is 5.11. The summed E-state index contributed by atoms with van der Waals surface area (Å²) < 4.78 is 5.12. The summed E-state index contributed by atoms with van der Waals surface area (Å²) in [4.78, 5) is 12.1. The van der Waals surface area contributed by atoms with Crippen molar-refractivity contribution in [2.75, 3.05) is 6.61 Å². The van der Waals surface area contributed by atoms with Gasteiger partial charge in [-0.3, -0.25) is 0 Å². The van der Waals surface area contributed by atoms with E-state index >= 15 is 0 Å². The number of esters is 1. The van der Waals surface area contributed by atoms with E-state index in [2.05, 4.69) is 10.6 Å². The molecule has 0 fully saturated rings. The van der Waals surface area contributed by atoms with E-state index in [9.17, 15) is 4.79 Å². The third-order valence-corrected chi connectivity index (χ3v) is 3.30. The topological polar surface area (TPSA) is 50.4 Å². The van der Waals surface area contributed by atoms with Crippen molar-refractivity contribution in [3.8, 4) is 0 Å². The van der Waals surface area contributed by atoms with Crippen molar-refractivity contribution in [2.24, 2.45) is 0 Å². The third-order valence-electron chi connectivity index (χ3n) is 3.08. The number of ether oxygens (including phenoxy) is 1. The number of carbonyl (C=O) groups excluding carboxylic acids is 1. The second-order valence-corrected chi connectivity index (χ2v) is 5.01. The Hall–Kier alpha value is -2.14. The first-order valence-corrected chi connectivity index (χ1v) is 7.21. The largest absolute Gasteiger partial charge is 0.463 e. The zero-order valence-electron chi connectivity index (χ0n) is 12.1. The van der Waals surface area contributed by atoms with Crippen LogP contribution >= 0.6 is 12.2 Å². The molecular weight excluding hydrogens is 284 g/mol. The highest BCUT2D eigenvalue weighted by molar-refractivity contribution is 7.80. The van der Waals surface area contributed by atoms with Crippen LogP contribution in [0.15, 0.2) is 47.7 Å². The predicted molar refractivity (Wildman–Crippen MR) is 87.5 cm³/mol. The van der Waals surface area contributed by atoms with Crippen LogP contribution in [0.2, 0.25) is 0 Å². The Labute approximate surface area is 129 Å². The Balaban J connectivity index is 2.26. The van der Waals surface area contributed by atoms with E-state index in [1.807, 2.05) is 49.4 Å². The minimum atomic E-state index is -0.333. The maximum absolute atomic E-state index is 12.1. The van der Waals surface area contributed by atoms with Crippen LogP contribution in [0.1, 0.15) is 19.4 Å². The molecule has 2 N–H and O–H groups in total. The molecule has 0 aromatic heterocycles. The number of nitrogens with one attached hydrogen (secondary N) is 2. The summed E-state index contributed by atoms with van der Waals surface area (Å²) in [5.41, 5.74) is 2.34. The predicted octanol–water partition coefficient (Wildman–Crippen LogP) is 2.38. The molecule has 1 aromatic rings. The Morgan fingerprint density at radius 2 is 2.10 bits per heavy atom. The van der Waals surface area contributed by atoms with E-state index in [0.717, 1.165) is 11.3 Å². The lowest BCUT2D eigenvalue weighted by Gasteiger charge is -2.27. The molecule has 0 amide bonds. The summed E-state index contributed by atoms with van der Waals surface area (Å²) in [6.45, 7) is 3.95. The van der Waals surface area contributed by atoms with Gasteiger partial charge in [0, 0.05) is 5.70 Å². The first-order chi connectivity index (χ1) is 10.1. The Bertz CT molecular complexity index is 594. The molecule has 110 valence electrons. The summed E-state index contributed by atoms with van der Waals surface area (Å²) in [6.07, 6.45) is 3.87. The maximum Gasteiger partial charge on any atom is 0.338 e. The maximum atomic E-state index is 12.1. The van der Waals surface area contributed by atoms with E-state index in [0.29, 0.717) is 17.3 Å². The van der Waals surface area contributed by atoms with Crippen LogP contribution in [0.3, 0.4) is 0 Å². The zero-order chi connectivity index (χ0) is 15.2. The third kappa shape index (κ3) is 3.92. The van der Waals surface area contributed by atoms with Crippen molar-refractivity contribution in [3.63, 3.8) is 0 Å². The van der Waals surface area contributed by atoms with Crippen LogP contribution in [0.5, 0.6) is 0 Å². The molecule has 21 heavy (non-hydrogen) atoms. The molecule has 0 saturated heterocycles. The highest BCUT2D eigenvalue weighted by Gasteiger charge is 2.27. The van der Waals surface area contributed by atoms with Crippen molar-refractivity contribution in [2.45, 2.75) is 19.9 Å². The van der Waals surface area contributed by atoms with Crippen molar-refractivity contribution < 1.29 is 9.53 Å². The fraction of sp³-hybridized carbons (Fsp3) is 0.250. The summed E-state index contributed by atoms with van der Waals surface area (Å²) in [7, 11) is 0.